The molecular weight excluding hydrogens is 276 g/mol. The van der Waals surface area contributed by atoms with Gasteiger partial charge in [0.1, 0.15) is 0 Å². The number of nitrogens with zero attached hydrogens (tertiary/aromatic N) is 3. The number of nitrogens with one attached hydrogen (secondary N) is 1. The molecule has 0 aromatic carbocycles. The van der Waals surface area contributed by atoms with Gasteiger partial charge in [-0.05, 0) is 32.6 Å². The van der Waals surface area contributed by atoms with Crippen LogP contribution in [-0.4, -0.2) is 35.0 Å². The van der Waals surface area contributed by atoms with Crippen LogP contribution in [0.15, 0.2) is 6.20 Å². The van der Waals surface area contributed by atoms with Crippen LogP contribution in [0.1, 0.15) is 67.4 Å². The highest BCUT2D eigenvalue weighted by Crippen LogP contribution is 2.19. The largest absolute Gasteiger partial charge is 0.349 e. The Kier molecular flexibility index (Phi) is 4.90. The third-order valence-electron chi connectivity index (χ3n) is 4.79. The van der Waals surface area contributed by atoms with Crippen molar-refractivity contribution in [3.05, 3.63) is 17.5 Å². The van der Waals surface area contributed by atoms with Gasteiger partial charge < -0.3 is 10.2 Å². The minimum Gasteiger partial charge on any atom is -0.349 e. The van der Waals surface area contributed by atoms with E-state index in [1.54, 1.807) is 6.20 Å². The van der Waals surface area contributed by atoms with Gasteiger partial charge in [-0.2, -0.15) is 0 Å². The molecule has 22 heavy (non-hydrogen) atoms. The summed E-state index contributed by atoms with van der Waals surface area (Å²) in [6.45, 7) is 3.95. The molecule has 5 nitrogen and oxygen atoms in total. The van der Waals surface area contributed by atoms with Gasteiger partial charge in [0.25, 0.3) is 5.91 Å². The molecule has 1 N–H and O–H groups in total. The maximum absolute atomic E-state index is 12.5. The Balaban J connectivity index is 1.66. The maximum atomic E-state index is 12.5. The van der Waals surface area contributed by atoms with Crippen molar-refractivity contribution in [2.24, 2.45) is 0 Å². The van der Waals surface area contributed by atoms with Gasteiger partial charge in [-0.1, -0.05) is 25.7 Å². The van der Waals surface area contributed by atoms with E-state index >= 15 is 0 Å². The highest BCUT2D eigenvalue weighted by molar-refractivity contribution is 5.95. The number of carbonyl (C=O) groups is 1. The second-order valence-electron chi connectivity index (χ2n) is 6.53. The van der Waals surface area contributed by atoms with Crippen molar-refractivity contribution in [3.63, 3.8) is 0 Å². The minimum atomic E-state index is -0.0163. The molecule has 0 radical (unpaired) electrons. The van der Waals surface area contributed by atoms with Gasteiger partial charge in [-0.3, -0.25) is 4.79 Å². The lowest BCUT2D eigenvalue weighted by atomic mass is 10.1. The molecule has 0 atom stereocenters. The van der Waals surface area contributed by atoms with E-state index in [0.29, 0.717) is 11.6 Å². The van der Waals surface area contributed by atoms with Crippen LogP contribution in [0.25, 0.3) is 0 Å². The fourth-order valence-electron chi connectivity index (χ4n) is 3.43. The summed E-state index contributed by atoms with van der Waals surface area (Å²) in [4.78, 5) is 23.6. The molecule has 1 aromatic rings. The molecule has 1 aromatic heterocycles. The Morgan fingerprint density at radius 2 is 1.82 bits per heavy atom. The minimum absolute atomic E-state index is 0.0163. The fourth-order valence-corrected chi connectivity index (χ4v) is 3.43. The van der Waals surface area contributed by atoms with Crippen LogP contribution in [-0.2, 0) is 0 Å². The zero-order valence-corrected chi connectivity index (χ0v) is 13.5. The topological polar surface area (TPSA) is 58.1 Å². The molecule has 0 spiro atoms. The molecular formula is C17H26N4O. The maximum Gasteiger partial charge on any atom is 0.254 e. The van der Waals surface area contributed by atoms with Gasteiger partial charge in [0.05, 0.1) is 11.3 Å². The second kappa shape index (κ2) is 7.07. The average molecular weight is 302 g/mol. The van der Waals surface area contributed by atoms with Crippen LogP contribution in [0.4, 0.5) is 5.95 Å². The molecule has 3 rings (SSSR count). The van der Waals surface area contributed by atoms with Crippen molar-refractivity contribution in [1.29, 1.82) is 0 Å². The van der Waals surface area contributed by atoms with E-state index in [-0.39, 0.29) is 5.91 Å². The van der Waals surface area contributed by atoms with Crippen molar-refractivity contribution < 1.29 is 4.79 Å². The quantitative estimate of drug-likeness (QED) is 0.872. The summed E-state index contributed by atoms with van der Waals surface area (Å²) in [6, 6.07) is 0.313. The zero-order chi connectivity index (χ0) is 15.4. The number of aromatic nitrogens is 2. The first-order valence-electron chi connectivity index (χ1n) is 8.63. The van der Waals surface area contributed by atoms with E-state index in [2.05, 4.69) is 20.2 Å². The first-order chi connectivity index (χ1) is 10.7. The van der Waals surface area contributed by atoms with Gasteiger partial charge in [-0.25, -0.2) is 9.97 Å². The van der Waals surface area contributed by atoms with Gasteiger partial charge in [0.2, 0.25) is 5.95 Å². The summed E-state index contributed by atoms with van der Waals surface area (Å²) in [5.41, 5.74) is 1.40. The Morgan fingerprint density at radius 3 is 2.45 bits per heavy atom. The number of amides is 1. The number of carbonyl (C=O) groups excluding carboxylic acids is 1. The third-order valence-corrected chi connectivity index (χ3v) is 4.79. The highest BCUT2D eigenvalue weighted by atomic mass is 16.1. The summed E-state index contributed by atoms with van der Waals surface area (Å²) in [5, 5.41) is 3.17. The lowest BCUT2D eigenvalue weighted by Gasteiger charge is -2.18. The molecule has 1 amide bonds. The Labute approximate surface area is 132 Å². The molecule has 5 heteroatoms. The zero-order valence-electron chi connectivity index (χ0n) is 13.5. The number of aryl methyl sites for hydroxylation is 1. The molecule has 2 fully saturated rings. The first kappa shape index (κ1) is 15.3. The van der Waals surface area contributed by atoms with Crippen molar-refractivity contribution in [2.45, 2.75) is 64.3 Å². The molecule has 0 bridgehead atoms. The predicted molar refractivity (Wildman–Crippen MR) is 87.2 cm³/mol. The van der Waals surface area contributed by atoms with Crippen molar-refractivity contribution in [2.75, 3.05) is 18.0 Å². The van der Waals surface area contributed by atoms with Gasteiger partial charge >= 0.3 is 0 Å². The first-order valence-corrected chi connectivity index (χ1v) is 8.63. The molecule has 1 saturated carbocycles. The summed E-state index contributed by atoms with van der Waals surface area (Å²) in [7, 11) is 0. The summed E-state index contributed by atoms with van der Waals surface area (Å²) >= 11 is 0. The molecule has 1 saturated heterocycles. The van der Waals surface area contributed by atoms with E-state index in [4.69, 9.17) is 0 Å². The molecule has 1 aliphatic heterocycles. The van der Waals surface area contributed by atoms with Gasteiger partial charge in [0, 0.05) is 25.3 Å². The SMILES string of the molecule is Cc1nc(N2CCCC2)ncc1C(=O)NC1CCCCCC1. The fraction of sp³-hybridized carbons (Fsp3) is 0.706. The number of hydrogen-bond donors (Lipinski definition) is 1. The molecule has 0 unspecified atom stereocenters. The lowest BCUT2D eigenvalue weighted by Crippen LogP contribution is -2.35. The van der Waals surface area contributed by atoms with E-state index in [0.717, 1.165) is 37.6 Å². The number of hydrogen-bond acceptors (Lipinski definition) is 4. The van der Waals surface area contributed by atoms with Crippen LogP contribution in [0.3, 0.4) is 0 Å². The van der Waals surface area contributed by atoms with Gasteiger partial charge in [0.15, 0.2) is 0 Å². The standard InChI is InChI=1S/C17H26N4O/c1-13-15(12-18-17(19-13)21-10-6-7-11-21)16(22)20-14-8-4-2-3-5-9-14/h12,14H,2-11H2,1H3,(H,20,22). The van der Waals surface area contributed by atoms with E-state index in [1.807, 2.05) is 6.92 Å². The molecule has 2 heterocycles. The van der Waals surface area contributed by atoms with E-state index in [9.17, 15) is 4.79 Å². The Hall–Kier alpha value is -1.65. The summed E-state index contributed by atoms with van der Waals surface area (Å²) in [6.07, 6.45) is 11.3. The van der Waals surface area contributed by atoms with E-state index < -0.39 is 0 Å². The number of rotatable bonds is 3. The monoisotopic (exact) mass is 302 g/mol. The van der Waals surface area contributed by atoms with Crippen LogP contribution in [0, 0.1) is 6.92 Å². The second-order valence-corrected chi connectivity index (χ2v) is 6.53. The van der Waals surface area contributed by atoms with Gasteiger partial charge in [-0.15, -0.1) is 0 Å². The predicted octanol–water partition coefficient (Wildman–Crippen LogP) is 2.84. The molecule has 1 aliphatic carbocycles. The van der Waals surface area contributed by atoms with Crippen molar-refractivity contribution >= 4 is 11.9 Å². The smallest absolute Gasteiger partial charge is 0.254 e. The number of anilines is 1. The summed E-state index contributed by atoms with van der Waals surface area (Å²) < 4.78 is 0. The van der Waals surface area contributed by atoms with Crippen LogP contribution in [0.2, 0.25) is 0 Å². The Bertz CT molecular complexity index is 517. The van der Waals surface area contributed by atoms with E-state index in [1.165, 1.54) is 38.5 Å². The third kappa shape index (κ3) is 3.57. The van der Waals surface area contributed by atoms with Crippen LogP contribution < -0.4 is 10.2 Å². The Morgan fingerprint density at radius 1 is 1.14 bits per heavy atom. The highest BCUT2D eigenvalue weighted by Gasteiger charge is 2.20. The molecule has 2 aliphatic rings. The molecule has 120 valence electrons. The van der Waals surface area contributed by atoms with Crippen molar-refractivity contribution in [3.8, 4) is 0 Å². The van der Waals surface area contributed by atoms with Crippen molar-refractivity contribution in [1.82, 2.24) is 15.3 Å². The van der Waals surface area contributed by atoms with Crippen LogP contribution in [0.5, 0.6) is 0 Å². The van der Waals surface area contributed by atoms with Crippen LogP contribution >= 0.6 is 0 Å². The lowest BCUT2D eigenvalue weighted by molar-refractivity contribution is 0.0932. The normalized spacial score (nSPS) is 20.0. The summed E-state index contributed by atoms with van der Waals surface area (Å²) in [5.74, 6) is 0.749. The average Bonchev–Trinajstić information content (AvgIpc) is 2.93.